The fraction of sp³-hybridized carbons (Fsp3) is 0.136. The Hall–Kier alpha value is -2.26. The number of ether oxygens (including phenoxy) is 1. The zero-order valence-electron chi connectivity index (χ0n) is 15.5. The van der Waals surface area contributed by atoms with Gasteiger partial charge in [-0.15, -0.1) is 0 Å². The molecule has 1 aliphatic heterocycles. The van der Waals surface area contributed by atoms with Crippen LogP contribution < -0.4 is 15.0 Å². The molecule has 1 heterocycles. The van der Waals surface area contributed by atoms with Crippen molar-refractivity contribution < 1.29 is 14.6 Å². The van der Waals surface area contributed by atoms with Gasteiger partial charge in [-0.3, -0.25) is 9.69 Å². The SMILES string of the molecule is CCOc1ccc(N2C(=O)c3cc(I)ccc3N[C@H]2c2cc(Br)ccc2O)cc1. The third-order valence-corrected chi connectivity index (χ3v) is 5.86. The largest absolute Gasteiger partial charge is 0.508 e. The molecule has 0 saturated heterocycles. The first kappa shape index (κ1) is 20.0. The van der Waals surface area contributed by atoms with Crippen molar-refractivity contribution in [3.05, 3.63) is 79.8 Å². The summed E-state index contributed by atoms with van der Waals surface area (Å²) in [5.41, 5.74) is 2.64. The molecule has 1 atom stereocenters. The number of phenolic OH excluding ortho intramolecular Hbond substituents is 1. The molecule has 0 unspecified atom stereocenters. The molecular weight excluding hydrogens is 547 g/mol. The quantitative estimate of drug-likeness (QED) is 0.386. The normalized spacial score (nSPS) is 15.6. The van der Waals surface area contributed by atoms with E-state index in [2.05, 4.69) is 43.8 Å². The number of nitrogens with zero attached hydrogens (tertiary/aromatic N) is 1. The predicted octanol–water partition coefficient (Wildman–Crippen LogP) is 5.93. The summed E-state index contributed by atoms with van der Waals surface area (Å²) in [6, 6.07) is 18.3. The Morgan fingerprint density at radius 1 is 1.14 bits per heavy atom. The van der Waals surface area contributed by atoms with Crippen LogP contribution in [0.25, 0.3) is 0 Å². The minimum absolute atomic E-state index is 0.114. The van der Waals surface area contributed by atoms with E-state index >= 15 is 0 Å². The minimum atomic E-state index is -0.564. The lowest BCUT2D eigenvalue weighted by Gasteiger charge is -2.38. The highest BCUT2D eigenvalue weighted by Crippen LogP contribution is 2.40. The summed E-state index contributed by atoms with van der Waals surface area (Å²) in [7, 11) is 0. The second-order valence-electron chi connectivity index (χ2n) is 6.54. The first-order chi connectivity index (χ1) is 14.0. The molecule has 0 aromatic heterocycles. The monoisotopic (exact) mass is 564 g/mol. The van der Waals surface area contributed by atoms with Crippen LogP contribution in [0.2, 0.25) is 0 Å². The third-order valence-electron chi connectivity index (χ3n) is 4.69. The Balaban J connectivity index is 1.85. The van der Waals surface area contributed by atoms with E-state index in [4.69, 9.17) is 4.74 Å². The average Bonchev–Trinajstić information content (AvgIpc) is 2.71. The average molecular weight is 565 g/mol. The second-order valence-corrected chi connectivity index (χ2v) is 8.70. The van der Waals surface area contributed by atoms with Crippen molar-refractivity contribution in [1.29, 1.82) is 0 Å². The number of anilines is 2. The third kappa shape index (κ3) is 3.93. The number of fused-ring (bicyclic) bond motifs is 1. The van der Waals surface area contributed by atoms with E-state index in [9.17, 15) is 9.90 Å². The van der Waals surface area contributed by atoms with Crippen LogP contribution in [-0.4, -0.2) is 17.6 Å². The van der Waals surface area contributed by atoms with Crippen molar-refractivity contribution in [3.63, 3.8) is 0 Å². The number of benzene rings is 3. The van der Waals surface area contributed by atoms with Gasteiger partial charge in [-0.25, -0.2) is 0 Å². The molecule has 0 bridgehead atoms. The summed E-state index contributed by atoms with van der Waals surface area (Å²) in [6.07, 6.45) is -0.564. The van der Waals surface area contributed by atoms with Crippen molar-refractivity contribution in [2.24, 2.45) is 0 Å². The maximum absolute atomic E-state index is 13.5. The topological polar surface area (TPSA) is 61.8 Å². The molecule has 2 N–H and O–H groups in total. The molecule has 1 amide bonds. The molecule has 5 nitrogen and oxygen atoms in total. The molecule has 0 spiro atoms. The van der Waals surface area contributed by atoms with Crippen molar-refractivity contribution >= 4 is 55.8 Å². The zero-order valence-corrected chi connectivity index (χ0v) is 19.3. The van der Waals surface area contributed by atoms with E-state index in [1.165, 1.54) is 0 Å². The van der Waals surface area contributed by atoms with Crippen LogP contribution in [0, 0.1) is 3.57 Å². The number of nitrogens with one attached hydrogen (secondary N) is 1. The van der Waals surface area contributed by atoms with Crippen molar-refractivity contribution in [2.75, 3.05) is 16.8 Å². The smallest absolute Gasteiger partial charge is 0.262 e. The lowest BCUT2D eigenvalue weighted by atomic mass is 10.0. The fourth-order valence-corrected chi connectivity index (χ4v) is 4.25. The molecule has 1 aliphatic rings. The van der Waals surface area contributed by atoms with Gasteiger partial charge in [-0.05, 0) is 90.2 Å². The van der Waals surface area contributed by atoms with Crippen LogP contribution in [0.15, 0.2) is 65.1 Å². The first-order valence-electron chi connectivity index (χ1n) is 9.09. The van der Waals surface area contributed by atoms with Crippen LogP contribution in [0.5, 0.6) is 11.5 Å². The van der Waals surface area contributed by atoms with E-state index in [0.717, 1.165) is 19.5 Å². The molecule has 0 saturated carbocycles. The number of halogens is 2. The molecule has 0 radical (unpaired) electrons. The molecule has 29 heavy (non-hydrogen) atoms. The number of hydrogen-bond donors (Lipinski definition) is 2. The molecule has 0 fully saturated rings. The van der Waals surface area contributed by atoms with Gasteiger partial charge in [-0.1, -0.05) is 15.9 Å². The summed E-state index contributed by atoms with van der Waals surface area (Å²) in [5.74, 6) is 0.722. The lowest BCUT2D eigenvalue weighted by molar-refractivity contribution is 0.0974. The van der Waals surface area contributed by atoms with Crippen molar-refractivity contribution in [2.45, 2.75) is 13.1 Å². The highest BCUT2D eigenvalue weighted by Gasteiger charge is 2.35. The fourth-order valence-electron chi connectivity index (χ4n) is 3.38. The maximum atomic E-state index is 13.5. The molecule has 4 rings (SSSR count). The number of phenols is 1. The van der Waals surface area contributed by atoms with Gasteiger partial charge in [-0.2, -0.15) is 0 Å². The minimum Gasteiger partial charge on any atom is -0.508 e. The van der Waals surface area contributed by atoms with Gasteiger partial charge in [0, 0.05) is 25.0 Å². The van der Waals surface area contributed by atoms with Gasteiger partial charge < -0.3 is 15.2 Å². The van der Waals surface area contributed by atoms with Crippen LogP contribution in [0.4, 0.5) is 11.4 Å². The van der Waals surface area contributed by atoms with Gasteiger partial charge in [0.05, 0.1) is 12.2 Å². The Morgan fingerprint density at radius 2 is 1.90 bits per heavy atom. The first-order valence-corrected chi connectivity index (χ1v) is 11.0. The summed E-state index contributed by atoms with van der Waals surface area (Å²) in [4.78, 5) is 15.2. The number of rotatable bonds is 4. The number of carbonyl (C=O) groups excluding carboxylic acids is 1. The predicted molar refractivity (Wildman–Crippen MR) is 126 cm³/mol. The number of aromatic hydroxyl groups is 1. The number of hydrogen-bond acceptors (Lipinski definition) is 4. The van der Waals surface area contributed by atoms with Gasteiger partial charge >= 0.3 is 0 Å². The zero-order chi connectivity index (χ0) is 20.5. The summed E-state index contributed by atoms with van der Waals surface area (Å²) in [6.45, 7) is 2.50. The van der Waals surface area contributed by atoms with E-state index in [0.29, 0.717) is 23.4 Å². The van der Waals surface area contributed by atoms with Gasteiger partial charge in [0.15, 0.2) is 0 Å². The maximum Gasteiger partial charge on any atom is 0.262 e. The Bertz CT molecular complexity index is 1070. The Kier molecular flexibility index (Phi) is 5.69. The van der Waals surface area contributed by atoms with Gasteiger partial charge in [0.25, 0.3) is 5.91 Å². The van der Waals surface area contributed by atoms with Gasteiger partial charge in [0.1, 0.15) is 17.7 Å². The molecule has 148 valence electrons. The van der Waals surface area contributed by atoms with E-state index < -0.39 is 6.17 Å². The Labute approximate surface area is 191 Å². The van der Waals surface area contributed by atoms with Gasteiger partial charge in [0.2, 0.25) is 0 Å². The summed E-state index contributed by atoms with van der Waals surface area (Å²) in [5, 5.41) is 13.9. The van der Waals surface area contributed by atoms with Crippen LogP contribution >= 0.6 is 38.5 Å². The molecule has 7 heteroatoms. The van der Waals surface area contributed by atoms with E-state index in [1.807, 2.05) is 55.5 Å². The van der Waals surface area contributed by atoms with Crippen LogP contribution in [0.3, 0.4) is 0 Å². The standard InChI is InChI=1S/C22H18BrIN2O3/c1-2-29-16-7-5-15(6-8-16)26-21(18-11-13(23)3-10-20(18)27)25-19-9-4-14(24)12-17(19)22(26)28/h3-12,21,25,27H,2H2,1H3/t21-/m1/s1. The van der Waals surface area contributed by atoms with E-state index in [-0.39, 0.29) is 11.7 Å². The summed E-state index contributed by atoms with van der Waals surface area (Å²) >= 11 is 5.66. The van der Waals surface area contributed by atoms with Crippen molar-refractivity contribution in [3.8, 4) is 11.5 Å². The summed E-state index contributed by atoms with van der Waals surface area (Å²) < 4.78 is 7.32. The van der Waals surface area contributed by atoms with Crippen LogP contribution in [-0.2, 0) is 0 Å². The lowest BCUT2D eigenvalue weighted by Crippen LogP contribution is -2.43. The van der Waals surface area contributed by atoms with Crippen LogP contribution in [0.1, 0.15) is 29.0 Å². The number of carbonyl (C=O) groups is 1. The Morgan fingerprint density at radius 3 is 2.62 bits per heavy atom. The second kappa shape index (κ2) is 8.23. The molecule has 3 aromatic carbocycles. The molecule has 3 aromatic rings. The molecule has 0 aliphatic carbocycles. The molecular formula is C22H18BrIN2O3. The highest BCUT2D eigenvalue weighted by atomic mass is 127. The van der Waals surface area contributed by atoms with E-state index in [1.54, 1.807) is 17.0 Å². The van der Waals surface area contributed by atoms with Crippen molar-refractivity contribution in [1.82, 2.24) is 0 Å². The highest BCUT2D eigenvalue weighted by molar-refractivity contribution is 14.1. The number of amides is 1.